The van der Waals surface area contributed by atoms with Gasteiger partial charge in [-0.05, 0) is 67.0 Å². The summed E-state index contributed by atoms with van der Waals surface area (Å²) in [6, 6.07) is 14.3. The number of thioether (sulfide) groups is 1. The van der Waals surface area contributed by atoms with Crippen molar-refractivity contribution in [3.05, 3.63) is 53.6 Å². The molecule has 3 nitrogen and oxygen atoms in total. The minimum Gasteiger partial charge on any atom is -0.247 e. The molecule has 1 aliphatic carbocycles. The highest BCUT2D eigenvalue weighted by Crippen LogP contribution is 2.50. The van der Waals surface area contributed by atoms with Crippen molar-refractivity contribution < 1.29 is 4.48 Å². The number of anilines is 1. The summed E-state index contributed by atoms with van der Waals surface area (Å²) in [5.41, 5.74) is 4.68. The minimum absolute atomic E-state index is 0.297. The Balaban J connectivity index is 0.00000119. The van der Waals surface area contributed by atoms with Crippen LogP contribution in [0.4, 0.5) is 15.3 Å². The lowest BCUT2D eigenvalue weighted by molar-refractivity contribution is 0.372. The second-order valence-corrected chi connectivity index (χ2v) is 10.7. The Kier molecular flexibility index (Phi) is 7.51. The van der Waals surface area contributed by atoms with Crippen LogP contribution < -0.4 is 5.12 Å². The zero-order valence-electron chi connectivity index (χ0n) is 19.2. The SMILES string of the molecule is CC.Cc1ccc2nc(N(F)CCc3ccc(N=C4CC5(CCCC5)CS4)cc3)sc2c1. The minimum atomic E-state index is 0.297. The number of aromatic nitrogens is 1. The van der Waals surface area contributed by atoms with Gasteiger partial charge in [0.05, 0.1) is 27.5 Å². The van der Waals surface area contributed by atoms with Gasteiger partial charge in [-0.3, -0.25) is 0 Å². The molecular weight excluding hydrogens is 437 g/mol. The van der Waals surface area contributed by atoms with E-state index in [0.717, 1.165) is 33.0 Å². The third kappa shape index (κ3) is 5.34. The van der Waals surface area contributed by atoms with Crippen LogP contribution >= 0.6 is 23.1 Å². The number of rotatable bonds is 5. The predicted molar refractivity (Wildman–Crippen MR) is 139 cm³/mol. The number of aliphatic imine (C=N–C) groups is 1. The average Bonchev–Trinajstić information content (AvgIpc) is 3.55. The molecule has 32 heavy (non-hydrogen) atoms. The summed E-state index contributed by atoms with van der Waals surface area (Å²) in [5, 5.41) is 2.48. The fourth-order valence-corrected chi connectivity index (χ4v) is 6.94. The topological polar surface area (TPSA) is 28.5 Å². The Hall–Kier alpha value is -1.92. The molecule has 1 saturated carbocycles. The van der Waals surface area contributed by atoms with Crippen LogP contribution in [0.3, 0.4) is 0 Å². The van der Waals surface area contributed by atoms with Crippen molar-refractivity contribution in [2.24, 2.45) is 10.4 Å². The molecule has 0 bridgehead atoms. The first-order valence-corrected chi connectivity index (χ1v) is 13.5. The van der Waals surface area contributed by atoms with Gasteiger partial charge in [0, 0.05) is 12.2 Å². The number of halogens is 1. The molecule has 2 aliphatic rings. The summed E-state index contributed by atoms with van der Waals surface area (Å²) in [5.74, 6) is 1.24. The molecule has 0 atom stereocenters. The number of hydrogen-bond acceptors (Lipinski definition) is 5. The van der Waals surface area contributed by atoms with E-state index >= 15 is 0 Å². The van der Waals surface area contributed by atoms with E-state index in [1.54, 1.807) is 0 Å². The lowest BCUT2D eigenvalue weighted by atomic mass is 9.86. The molecule has 5 rings (SSSR count). The Labute approximate surface area is 199 Å². The number of benzene rings is 2. The third-order valence-corrected chi connectivity index (χ3v) is 8.61. The van der Waals surface area contributed by atoms with Crippen molar-refractivity contribution in [3.63, 3.8) is 0 Å². The molecule has 1 saturated heterocycles. The van der Waals surface area contributed by atoms with Gasteiger partial charge in [0.15, 0.2) is 0 Å². The molecule has 0 N–H and O–H groups in total. The summed E-state index contributed by atoms with van der Waals surface area (Å²) in [4.78, 5) is 9.30. The molecule has 170 valence electrons. The Bertz CT molecular complexity index is 1070. The van der Waals surface area contributed by atoms with Crippen molar-refractivity contribution in [3.8, 4) is 0 Å². The van der Waals surface area contributed by atoms with E-state index in [-0.39, 0.29) is 0 Å². The van der Waals surface area contributed by atoms with Gasteiger partial charge in [-0.2, -0.15) is 5.12 Å². The maximum atomic E-state index is 14.6. The standard InChI is InChI=1S/C24H26FN3S2.C2H6/c1-17-4-9-20-21(14-17)30-23(27-20)28(25)13-10-18-5-7-19(8-6-18)26-22-15-24(16-29-22)11-2-3-12-24;1-2/h4-9,14H,2-3,10-13,15-16H2,1H3;1-2H3. The highest BCUT2D eigenvalue weighted by atomic mass is 32.2. The highest BCUT2D eigenvalue weighted by Gasteiger charge is 2.40. The van der Waals surface area contributed by atoms with Gasteiger partial charge in [-0.15, -0.1) is 11.8 Å². The van der Waals surface area contributed by atoms with E-state index in [0.29, 0.717) is 23.5 Å². The van der Waals surface area contributed by atoms with E-state index in [1.165, 1.54) is 53.4 Å². The van der Waals surface area contributed by atoms with Crippen LogP contribution in [-0.2, 0) is 6.42 Å². The molecule has 2 aromatic carbocycles. The first-order valence-electron chi connectivity index (χ1n) is 11.7. The van der Waals surface area contributed by atoms with E-state index in [2.05, 4.69) is 35.3 Å². The van der Waals surface area contributed by atoms with Crippen molar-refractivity contribution in [1.82, 2.24) is 4.98 Å². The maximum Gasteiger partial charge on any atom is 0.214 e. The molecule has 0 radical (unpaired) electrons. The zero-order chi connectivity index (χ0) is 22.6. The summed E-state index contributed by atoms with van der Waals surface area (Å²) < 4.78 is 15.6. The van der Waals surface area contributed by atoms with Gasteiger partial charge in [-0.1, -0.05) is 60.7 Å². The molecule has 3 aromatic rings. The number of nitrogens with zero attached hydrogens (tertiary/aromatic N) is 3. The number of aryl methyl sites for hydroxylation is 1. The van der Waals surface area contributed by atoms with Crippen LogP contribution in [0.15, 0.2) is 47.5 Å². The summed E-state index contributed by atoms with van der Waals surface area (Å²) >= 11 is 3.34. The van der Waals surface area contributed by atoms with Crippen LogP contribution in [0.25, 0.3) is 10.2 Å². The number of thiazole rings is 1. The monoisotopic (exact) mass is 469 g/mol. The smallest absolute Gasteiger partial charge is 0.214 e. The summed E-state index contributed by atoms with van der Waals surface area (Å²) in [6.45, 7) is 6.34. The van der Waals surface area contributed by atoms with Gasteiger partial charge < -0.3 is 0 Å². The molecule has 0 amide bonds. The van der Waals surface area contributed by atoms with E-state index in [4.69, 9.17) is 4.99 Å². The van der Waals surface area contributed by atoms with Gasteiger partial charge in [0.1, 0.15) is 0 Å². The first kappa shape index (κ1) is 23.2. The van der Waals surface area contributed by atoms with E-state index in [1.807, 2.05) is 44.7 Å². The fraction of sp³-hybridized carbons (Fsp3) is 0.462. The molecule has 0 unspecified atom stereocenters. The van der Waals surface area contributed by atoms with Crippen molar-refractivity contribution in [2.75, 3.05) is 17.4 Å². The Morgan fingerprint density at radius 1 is 1.09 bits per heavy atom. The van der Waals surface area contributed by atoms with Gasteiger partial charge >= 0.3 is 0 Å². The number of fused-ring (bicyclic) bond motifs is 1. The summed E-state index contributed by atoms with van der Waals surface area (Å²) in [7, 11) is 0. The van der Waals surface area contributed by atoms with Crippen LogP contribution in [0.1, 0.15) is 57.1 Å². The third-order valence-electron chi connectivity index (χ3n) is 6.26. The van der Waals surface area contributed by atoms with Crippen molar-refractivity contribution in [1.29, 1.82) is 0 Å². The maximum absolute atomic E-state index is 14.6. The second-order valence-electron chi connectivity index (χ2n) is 8.65. The molecule has 1 aliphatic heterocycles. The van der Waals surface area contributed by atoms with Gasteiger partial charge in [0.2, 0.25) is 5.13 Å². The Morgan fingerprint density at radius 2 is 1.84 bits per heavy atom. The lowest BCUT2D eigenvalue weighted by Gasteiger charge is -2.19. The fourth-order valence-electron chi connectivity index (χ4n) is 4.50. The average molecular weight is 470 g/mol. The number of hydrogen-bond donors (Lipinski definition) is 0. The molecule has 2 heterocycles. The van der Waals surface area contributed by atoms with Gasteiger partial charge in [-0.25, -0.2) is 9.98 Å². The van der Waals surface area contributed by atoms with Crippen molar-refractivity contribution in [2.45, 2.75) is 59.3 Å². The molecular formula is C26H32FN3S2. The molecule has 6 heteroatoms. The van der Waals surface area contributed by atoms with E-state index < -0.39 is 0 Å². The van der Waals surface area contributed by atoms with Crippen LogP contribution in [0, 0.1) is 12.3 Å². The predicted octanol–water partition coefficient (Wildman–Crippen LogP) is 8.29. The van der Waals surface area contributed by atoms with E-state index in [9.17, 15) is 4.48 Å². The summed E-state index contributed by atoms with van der Waals surface area (Å²) in [6.07, 6.45) is 7.28. The molecule has 2 fully saturated rings. The van der Waals surface area contributed by atoms with Crippen molar-refractivity contribution >= 4 is 49.2 Å². The van der Waals surface area contributed by atoms with Crippen LogP contribution in [0.5, 0.6) is 0 Å². The largest absolute Gasteiger partial charge is 0.247 e. The Morgan fingerprint density at radius 3 is 2.59 bits per heavy atom. The normalized spacial score (nSPS) is 18.3. The van der Waals surface area contributed by atoms with Gasteiger partial charge in [0.25, 0.3) is 0 Å². The lowest BCUT2D eigenvalue weighted by Crippen LogP contribution is -2.15. The zero-order valence-corrected chi connectivity index (χ0v) is 20.9. The molecule has 1 aromatic heterocycles. The van der Waals surface area contributed by atoms with Crippen LogP contribution in [0.2, 0.25) is 0 Å². The molecule has 1 spiro atoms. The highest BCUT2D eigenvalue weighted by molar-refractivity contribution is 8.14. The first-order chi connectivity index (χ1) is 15.6. The van der Waals surface area contributed by atoms with Crippen LogP contribution in [-0.4, -0.2) is 22.3 Å². The quantitative estimate of drug-likeness (QED) is 0.352. The second kappa shape index (κ2) is 10.3.